The van der Waals surface area contributed by atoms with Crippen molar-refractivity contribution in [1.29, 1.82) is 0 Å². The first kappa shape index (κ1) is 14.4. The summed E-state index contributed by atoms with van der Waals surface area (Å²) in [6, 6.07) is 0. The number of carbonyl (C=O) groups excluding carboxylic acids is 1. The number of hydrogen-bond acceptors (Lipinski definition) is 2. The van der Waals surface area contributed by atoms with Gasteiger partial charge < -0.3 is 10.1 Å². The fourth-order valence-electron chi connectivity index (χ4n) is 4.46. The monoisotopic (exact) mass is 279 g/mol. The topological polar surface area (TPSA) is 38.3 Å². The van der Waals surface area contributed by atoms with Crippen molar-refractivity contribution in [3.63, 3.8) is 0 Å². The summed E-state index contributed by atoms with van der Waals surface area (Å²) in [4.78, 5) is 12.2. The van der Waals surface area contributed by atoms with E-state index in [4.69, 9.17) is 4.74 Å². The number of amides is 1. The van der Waals surface area contributed by atoms with Gasteiger partial charge in [0.05, 0.1) is 0 Å². The molecule has 0 unspecified atom stereocenters. The van der Waals surface area contributed by atoms with Crippen LogP contribution in [0, 0.1) is 29.1 Å². The summed E-state index contributed by atoms with van der Waals surface area (Å²) < 4.78 is 5.42. The summed E-state index contributed by atoms with van der Waals surface area (Å²) in [5, 5.41) is 3.23. The third kappa shape index (κ3) is 3.19. The molecule has 0 aromatic carbocycles. The van der Waals surface area contributed by atoms with E-state index in [0.717, 1.165) is 37.5 Å². The van der Waals surface area contributed by atoms with E-state index < -0.39 is 0 Å². The second-order valence-electron chi connectivity index (χ2n) is 7.93. The highest BCUT2D eigenvalue weighted by atomic mass is 16.5. The van der Waals surface area contributed by atoms with Crippen LogP contribution in [0.1, 0.15) is 52.4 Å². The van der Waals surface area contributed by atoms with Gasteiger partial charge in [-0.25, -0.2) is 0 Å². The van der Waals surface area contributed by atoms with Crippen LogP contribution in [0.4, 0.5) is 0 Å². The maximum atomic E-state index is 12.2. The molecule has 1 amide bonds. The molecule has 1 aliphatic heterocycles. The van der Waals surface area contributed by atoms with E-state index in [9.17, 15) is 4.79 Å². The number of hydrogen-bond donors (Lipinski definition) is 1. The van der Waals surface area contributed by atoms with E-state index in [1.165, 1.54) is 38.5 Å². The predicted molar refractivity (Wildman–Crippen MR) is 79.3 cm³/mol. The first-order valence-electron chi connectivity index (χ1n) is 8.42. The summed E-state index contributed by atoms with van der Waals surface area (Å²) in [5.41, 5.74) is 0.210. The Kier molecular flexibility index (Phi) is 4.07. The molecule has 3 heteroatoms. The van der Waals surface area contributed by atoms with Crippen molar-refractivity contribution in [1.82, 2.24) is 5.32 Å². The van der Waals surface area contributed by atoms with Crippen LogP contribution in [0.15, 0.2) is 0 Å². The summed E-state index contributed by atoms with van der Waals surface area (Å²) in [6.45, 7) is 7.24. The molecule has 2 atom stereocenters. The fourth-order valence-corrected chi connectivity index (χ4v) is 4.46. The van der Waals surface area contributed by atoms with Crippen LogP contribution in [-0.4, -0.2) is 25.7 Å². The van der Waals surface area contributed by atoms with E-state index in [1.807, 2.05) is 0 Å². The van der Waals surface area contributed by atoms with Crippen LogP contribution in [0.3, 0.4) is 0 Å². The standard InChI is InChI=1S/C17H29NO2/c1-17(2,10-12-6-8-20-9-7-12)11-18-16(19)15-13-4-3-5-14(13)15/h12-15H,3-11H2,1-2H3,(H,18,19)/t13-,14-/m1/s1. The first-order chi connectivity index (χ1) is 9.57. The zero-order valence-corrected chi connectivity index (χ0v) is 13.0. The number of fused-ring (bicyclic) bond motifs is 1. The molecule has 3 nitrogen and oxygen atoms in total. The molecule has 2 saturated carbocycles. The van der Waals surface area contributed by atoms with Gasteiger partial charge in [0, 0.05) is 25.7 Å². The Morgan fingerprint density at radius 2 is 1.80 bits per heavy atom. The number of nitrogens with one attached hydrogen (secondary N) is 1. The maximum Gasteiger partial charge on any atom is 0.223 e. The first-order valence-corrected chi connectivity index (χ1v) is 8.42. The Morgan fingerprint density at radius 1 is 1.15 bits per heavy atom. The van der Waals surface area contributed by atoms with Crippen LogP contribution in [0.5, 0.6) is 0 Å². The van der Waals surface area contributed by atoms with Gasteiger partial charge in [0.1, 0.15) is 0 Å². The lowest BCUT2D eigenvalue weighted by molar-refractivity contribution is -0.123. The van der Waals surface area contributed by atoms with Gasteiger partial charge in [-0.3, -0.25) is 4.79 Å². The average molecular weight is 279 g/mol. The van der Waals surface area contributed by atoms with Crippen molar-refractivity contribution < 1.29 is 9.53 Å². The largest absolute Gasteiger partial charge is 0.381 e. The van der Waals surface area contributed by atoms with Crippen LogP contribution in [0.25, 0.3) is 0 Å². The van der Waals surface area contributed by atoms with Crippen molar-refractivity contribution in [2.75, 3.05) is 19.8 Å². The highest BCUT2D eigenvalue weighted by Crippen LogP contribution is 2.57. The Hall–Kier alpha value is -0.570. The van der Waals surface area contributed by atoms with Gasteiger partial charge in [0.25, 0.3) is 0 Å². The summed E-state index contributed by atoms with van der Waals surface area (Å²) >= 11 is 0. The number of ether oxygens (including phenoxy) is 1. The van der Waals surface area contributed by atoms with Gasteiger partial charge in [-0.1, -0.05) is 20.3 Å². The van der Waals surface area contributed by atoms with Crippen LogP contribution < -0.4 is 5.32 Å². The third-order valence-electron chi connectivity index (χ3n) is 5.63. The second kappa shape index (κ2) is 5.67. The van der Waals surface area contributed by atoms with Crippen molar-refractivity contribution in [3.8, 4) is 0 Å². The van der Waals surface area contributed by atoms with Gasteiger partial charge >= 0.3 is 0 Å². The minimum atomic E-state index is 0.210. The Balaban J connectivity index is 1.41. The second-order valence-corrected chi connectivity index (χ2v) is 7.93. The zero-order chi connectivity index (χ0) is 14.2. The number of rotatable bonds is 5. The zero-order valence-electron chi connectivity index (χ0n) is 13.0. The van der Waals surface area contributed by atoms with Crippen molar-refractivity contribution in [2.45, 2.75) is 52.4 Å². The minimum absolute atomic E-state index is 0.210. The Bertz CT molecular complexity index is 350. The lowest BCUT2D eigenvalue weighted by Gasteiger charge is -2.32. The molecule has 0 radical (unpaired) electrons. The highest BCUT2D eigenvalue weighted by Gasteiger charge is 2.56. The molecule has 0 bridgehead atoms. The third-order valence-corrected chi connectivity index (χ3v) is 5.63. The molecular weight excluding hydrogens is 250 g/mol. The molecule has 1 N–H and O–H groups in total. The van der Waals surface area contributed by atoms with Crippen LogP contribution in [-0.2, 0) is 9.53 Å². The maximum absolute atomic E-state index is 12.2. The molecule has 3 rings (SSSR count). The molecule has 0 aromatic heterocycles. The summed E-state index contributed by atoms with van der Waals surface area (Å²) in [6.07, 6.45) is 7.49. The van der Waals surface area contributed by atoms with E-state index in [-0.39, 0.29) is 5.41 Å². The van der Waals surface area contributed by atoms with E-state index in [1.54, 1.807) is 0 Å². The molecule has 114 valence electrons. The molecular formula is C17H29NO2. The highest BCUT2D eigenvalue weighted by molar-refractivity contribution is 5.82. The predicted octanol–water partition coefficient (Wildman–Crippen LogP) is 2.99. The molecule has 1 saturated heterocycles. The minimum Gasteiger partial charge on any atom is -0.381 e. The van der Waals surface area contributed by atoms with Crippen molar-refractivity contribution >= 4 is 5.91 Å². The van der Waals surface area contributed by atoms with Gasteiger partial charge in [0.15, 0.2) is 0 Å². The van der Waals surface area contributed by atoms with Gasteiger partial charge in [0.2, 0.25) is 5.91 Å². The molecule has 3 fully saturated rings. The van der Waals surface area contributed by atoms with Crippen LogP contribution in [0.2, 0.25) is 0 Å². The Morgan fingerprint density at radius 3 is 2.45 bits per heavy atom. The summed E-state index contributed by atoms with van der Waals surface area (Å²) in [7, 11) is 0. The molecule has 1 heterocycles. The fraction of sp³-hybridized carbons (Fsp3) is 0.941. The van der Waals surface area contributed by atoms with E-state index >= 15 is 0 Å². The summed E-state index contributed by atoms with van der Waals surface area (Å²) in [5.74, 6) is 2.93. The van der Waals surface area contributed by atoms with Gasteiger partial charge in [-0.2, -0.15) is 0 Å². The van der Waals surface area contributed by atoms with E-state index in [0.29, 0.717) is 11.8 Å². The smallest absolute Gasteiger partial charge is 0.223 e. The lowest BCUT2D eigenvalue weighted by atomic mass is 9.79. The Labute approximate surface area is 122 Å². The van der Waals surface area contributed by atoms with Crippen molar-refractivity contribution in [2.24, 2.45) is 29.1 Å². The molecule has 20 heavy (non-hydrogen) atoms. The lowest BCUT2D eigenvalue weighted by Crippen LogP contribution is -2.37. The molecule has 0 spiro atoms. The molecule has 0 aromatic rings. The van der Waals surface area contributed by atoms with E-state index in [2.05, 4.69) is 19.2 Å². The normalized spacial score (nSPS) is 33.8. The quantitative estimate of drug-likeness (QED) is 0.840. The van der Waals surface area contributed by atoms with Gasteiger partial charge in [-0.05, 0) is 55.3 Å². The SMILES string of the molecule is CC(C)(CNC(=O)C1[C@@H]2CCC[C@@H]12)CC1CCOCC1. The molecule has 3 aliphatic rings. The van der Waals surface area contributed by atoms with Crippen molar-refractivity contribution in [3.05, 3.63) is 0 Å². The van der Waals surface area contributed by atoms with Gasteiger partial charge in [-0.15, -0.1) is 0 Å². The molecule has 2 aliphatic carbocycles. The van der Waals surface area contributed by atoms with Crippen LogP contribution >= 0.6 is 0 Å². The number of carbonyl (C=O) groups is 1. The average Bonchev–Trinajstić information content (AvgIpc) is 2.90.